The molecule has 0 radical (unpaired) electrons. The van der Waals surface area contributed by atoms with Crippen LogP contribution in [0.5, 0.6) is 0 Å². The molecule has 0 bridgehead atoms. The van der Waals surface area contributed by atoms with Crippen molar-refractivity contribution in [2.24, 2.45) is 0 Å². The van der Waals surface area contributed by atoms with Crippen molar-refractivity contribution in [3.8, 4) is 0 Å². The first-order chi connectivity index (χ1) is 6.40. The van der Waals surface area contributed by atoms with E-state index in [0.29, 0.717) is 0 Å². The summed E-state index contributed by atoms with van der Waals surface area (Å²) < 4.78 is 2.12. The van der Waals surface area contributed by atoms with Crippen molar-refractivity contribution in [2.45, 2.75) is 45.3 Å². The van der Waals surface area contributed by atoms with Crippen LogP contribution in [-0.4, -0.2) is 20.8 Å². The smallest absolute Gasteiger partial charge is 0.146 e. The molecule has 0 atom stereocenters. The standard InChI is InChI=1S/C9H16N4/c1-2-5-13-7-11-12-9(13)6-10-8-3-4-8/h7-8,10H,2-6H2,1H3. The van der Waals surface area contributed by atoms with Gasteiger partial charge in [-0.3, -0.25) is 0 Å². The highest BCUT2D eigenvalue weighted by atomic mass is 15.3. The first-order valence-corrected chi connectivity index (χ1v) is 5.00. The third-order valence-corrected chi connectivity index (χ3v) is 2.29. The second-order valence-electron chi connectivity index (χ2n) is 3.60. The molecular weight excluding hydrogens is 164 g/mol. The molecule has 13 heavy (non-hydrogen) atoms. The first-order valence-electron chi connectivity index (χ1n) is 5.00. The molecule has 1 aromatic rings. The summed E-state index contributed by atoms with van der Waals surface area (Å²) in [4.78, 5) is 0. The molecule has 1 heterocycles. The van der Waals surface area contributed by atoms with E-state index in [-0.39, 0.29) is 0 Å². The van der Waals surface area contributed by atoms with Crippen LogP contribution in [0.1, 0.15) is 32.0 Å². The normalized spacial score (nSPS) is 16.4. The Hall–Kier alpha value is -0.900. The summed E-state index contributed by atoms with van der Waals surface area (Å²) in [6, 6.07) is 0.742. The van der Waals surface area contributed by atoms with Gasteiger partial charge in [0.25, 0.3) is 0 Å². The minimum absolute atomic E-state index is 0.742. The minimum Gasteiger partial charge on any atom is -0.317 e. The molecule has 0 unspecified atom stereocenters. The van der Waals surface area contributed by atoms with Crippen molar-refractivity contribution in [1.29, 1.82) is 0 Å². The van der Waals surface area contributed by atoms with Crippen molar-refractivity contribution >= 4 is 0 Å². The van der Waals surface area contributed by atoms with E-state index >= 15 is 0 Å². The average Bonchev–Trinajstić information content (AvgIpc) is 2.86. The highest BCUT2D eigenvalue weighted by molar-refractivity contribution is 4.89. The molecule has 4 heteroatoms. The van der Waals surface area contributed by atoms with Gasteiger partial charge in [0.15, 0.2) is 0 Å². The lowest BCUT2D eigenvalue weighted by Crippen LogP contribution is -2.18. The topological polar surface area (TPSA) is 42.7 Å². The second kappa shape index (κ2) is 3.87. The van der Waals surface area contributed by atoms with Crippen molar-refractivity contribution in [1.82, 2.24) is 20.1 Å². The summed E-state index contributed by atoms with van der Waals surface area (Å²) in [6.07, 6.45) is 5.59. The molecule has 0 saturated heterocycles. The zero-order valence-electron chi connectivity index (χ0n) is 8.03. The molecule has 0 aromatic carbocycles. The van der Waals surface area contributed by atoms with Crippen LogP contribution in [0.2, 0.25) is 0 Å². The highest BCUT2D eigenvalue weighted by Crippen LogP contribution is 2.18. The number of hydrogen-bond donors (Lipinski definition) is 1. The molecule has 2 rings (SSSR count). The predicted octanol–water partition coefficient (Wildman–Crippen LogP) is 0.940. The first kappa shape index (κ1) is 8.69. The van der Waals surface area contributed by atoms with Crippen molar-refractivity contribution in [3.05, 3.63) is 12.2 Å². The van der Waals surface area contributed by atoms with Crippen LogP contribution in [0.15, 0.2) is 6.33 Å². The van der Waals surface area contributed by atoms with E-state index in [4.69, 9.17) is 0 Å². The molecule has 1 aromatic heterocycles. The van der Waals surface area contributed by atoms with Crippen LogP contribution in [0.4, 0.5) is 0 Å². The monoisotopic (exact) mass is 180 g/mol. The highest BCUT2D eigenvalue weighted by Gasteiger charge is 2.20. The molecule has 1 fully saturated rings. The van der Waals surface area contributed by atoms with E-state index in [1.54, 1.807) is 0 Å². The number of rotatable bonds is 5. The minimum atomic E-state index is 0.742. The fraction of sp³-hybridized carbons (Fsp3) is 0.778. The zero-order valence-corrected chi connectivity index (χ0v) is 8.03. The molecule has 0 aliphatic heterocycles. The lowest BCUT2D eigenvalue weighted by molar-refractivity contribution is 0.586. The van der Waals surface area contributed by atoms with Crippen LogP contribution in [0, 0.1) is 0 Å². The Kier molecular flexibility index (Phi) is 2.59. The van der Waals surface area contributed by atoms with Gasteiger partial charge in [-0.2, -0.15) is 0 Å². The van der Waals surface area contributed by atoms with Crippen LogP contribution in [0.3, 0.4) is 0 Å². The average molecular weight is 180 g/mol. The Morgan fingerprint density at radius 2 is 2.46 bits per heavy atom. The molecule has 0 spiro atoms. The molecule has 0 amide bonds. The van der Waals surface area contributed by atoms with Crippen molar-refractivity contribution in [2.75, 3.05) is 0 Å². The second-order valence-corrected chi connectivity index (χ2v) is 3.60. The number of nitrogens with zero attached hydrogens (tertiary/aromatic N) is 3. The van der Waals surface area contributed by atoms with E-state index < -0.39 is 0 Å². The quantitative estimate of drug-likeness (QED) is 0.733. The number of nitrogens with one attached hydrogen (secondary N) is 1. The van der Waals surface area contributed by atoms with Crippen LogP contribution >= 0.6 is 0 Å². The number of aromatic nitrogens is 3. The molecular formula is C9H16N4. The van der Waals surface area contributed by atoms with Gasteiger partial charge in [-0.25, -0.2) is 0 Å². The summed E-state index contributed by atoms with van der Waals surface area (Å²) in [5.74, 6) is 1.06. The van der Waals surface area contributed by atoms with Gasteiger partial charge in [0, 0.05) is 12.6 Å². The number of hydrogen-bond acceptors (Lipinski definition) is 3. The van der Waals surface area contributed by atoms with Crippen molar-refractivity contribution < 1.29 is 0 Å². The van der Waals surface area contributed by atoms with Gasteiger partial charge in [-0.1, -0.05) is 6.92 Å². The van der Waals surface area contributed by atoms with Gasteiger partial charge in [0.1, 0.15) is 12.2 Å². The van der Waals surface area contributed by atoms with Crippen LogP contribution < -0.4 is 5.32 Å². The molecule has 1 aliphatic rings. The molecule has 4 nitrogen and oxygen atoms in total. The summed E-state index contributed by atoms with van der Waals surface area (Å²) in [5, 5.41) is 11.4. The summed E-state index contributed by atoms with van der Waals surface area (Å²) >= 11 is 0. The summed E-state index contributed by atoms with van der Waals surface area (Å²) in [7, 11) is 0. The van der Waals surface area contributed by atoms with E-state index in [0.717, 1.165) is 31.4 Å². The van der Waals surface area contributed by atoms with Gasteiger partial charge < -0.3 is 9.88 Å². The molecule has 1 aliphatic carbocycles. The molecule has 1 N–H and O–H groups in total. The predicted molar refractivity (Wildman–Crippen MR) is 50.2 cm³/mol. The van der Waals surface area contributed by atoms with Gasteiger partial charge in [0.05, 0.1) is 6.54 Å². The van der Waals surface area contributed by atoms with Gasteiger partial charge in [0.2, 0.25) is 0 Å². The van der Waals surface area contributed by atoms with Gasteiger partial charge >= 0.3 is 0 Å². The maximum absolute atomic E-state index is 4.08. The summed E-state index contributed by atoms with van der Waals surface area (Å²) in [5.41, 5.74) is 0. The number of aryl methyl sites for hydroxylation is 1. The third-order valence-electron chi connectivity index (χ3n) is 2.29. The lowest BCUT2D eigenvalue weighted by Gasteiger charge is -2.04. The van der Waals surface area contributed by atoms with E-state index in [9.17, 15) is 0 Å². The van der Waals surface area contributed by atoms with Crippen molar-refractivity contribution in [3.63, 3.8) is 0 Å². The van der Waals surface area contributed by atoms with E-state index in [2.05, 4.69) is 27.0 Å². The van der Waals surface area contributed by atoms with E-state index in [1.807, 2.05) is 6.33 Å². The maximum Gasteiger partial charge on any atom is 0.146 e. The third kappa shape index (κ3) is 2.28. The molecule has 72 valence electrons. The SMILES string of the molecule is CCCn1cnnc1CNC1CC1. The van der Waals surface area contributed by atoms with Crippen LogP contribution in [0.25, 0.3) is 0 Å². The van der Waals surface area contributed by atoms with E-state index in [1.165, 1.54) is 12.8 Å². The Morgan fingerprint density at radius 3 is 3.15 bits per heavy atom. The fourth-order valence-corrected chi connectivity index (χ4v) is 1.37. The summed E-state index contributed by atoms with van der Waals surface area (Å²) in [6.45, 7) is 4.05. The van der Waals surface area contributed by atoms with Gasteiger partial charge in [-0.15, -0.1) is 10.2 Å². The fourth-order valence-electron chi connectivity index (χ4n) is 1.37. The molecule has 1 saturated carbocycles. The Bertz CT molecular complexity index is 264. The van der Waals surface area contributed by atoms with Crippen LogP contribution in [-0.2, 0) is 13.1 Å². The van der Waals surface area contributed by atoms with Gasteiger partial charge in [-0.05, 0) is 19.3 Å². The largest absolute Gasteiger partial charge is 0.317 e. The Morgan fingerprint density at radius 1 is 1.62 bits per heavy atom. The lowest BCUT2D eigenvalue weighted by atomic mass is 10.4. The Balaban J connectivity index is 1.88. The maximum atomic E-state index is 4.08. The Labute approximate surface area is 78.4 Å². The zero-order chi connectivity index (χ0) is 9.10.